The van der Waals surface area contributed by atoms with Crippen molar-refractivity contribution < 1.29 is 9.59 Å². The second kappa shape index (κ2) is 14.2. The van der Waals surface area contributed by atoms with Gasteiger partial charge in [-0.2, -0.15) is 8.75 Å². The number of thioether (sulfide) groups is 4. The fourth-order valence-corrected chi connectivity index (χ4v) is 7.37. The molecule has 2 N–H and O–H groups in total. The number of carbonyl (C=O) groups is 2. The Morgan fingerprint density at radius 3 is 1.53 bits per heavy atom. The van der Waals surface area contributed by atoms with Gasteiger partial charge in [0.05, 0.1) is 32.9 Å². The van der Waals surface area contributed by atoms with E-state index in [9.17, 15) is 9.59 Å². The average Bonchev–Trinajstić information content (AvgIpc) is 3.58. The van der Waals surface area contributed by atoms with E-state index in [0.717, 1.165) is 19.8 Å². The Kier molecular flexibility index (Phi) is 11.0. The topological polar surface area (TPSA) is 110 Å². The minimum absolute atomic E-state index is 0.192. The number of halogens is 2. The van der Waals surface area contributed by atoms with Gasteiger partial charge in [0, 0.05) is 0 Å². The van der Waals surface area contributed by atoms with E-state index in [-0.39, 0.29) is 23.3 Å². The van der Waals surface area contributed by atoms with Gasteiger partial charge in [0.15, 0.2) is 8.68 Å². The maximum atomic E-state index is 12.4. The number of hydrogen-bond donors (Lipinski definition) is 2. The molecule has 0 saturated carbocycles. The maximum absolute atomic E-state index is 12.4. The van der Waals surface area contributed by atoms with Crippen LogP contribution in [0.2, 0.25) is 10.0 Å². The molecule has 0 radical (unpaired) electrons. The summed E-state index contributed by atoms with van der Waals surface area (Å²) < 4.78 is 9.84. The van der Waals surface area contributed by atoms with Crippen LogP contribution in [0, 0.1) is 0 Å². The standard InChI is InChI=1S/C22H18Cl2N6O2S6/c1-33-19-27-21(37-29-19)35-9-17(31)25-15-5-3-11(7-13(15)23)12-4-6-16(14(24)8-12)26-18(32)10-36-22-28-20(34-2)30-38-22/h3-8H,9-10H2,1-2H3,(H,25,31)(H,26,32). The molecule has 0 saturated heterocycles. The van der Waals surface area contributed by atoms with Gasteiger partial charge in [-0.1, -0.05) is 82.4 Å². The van der Waals surface area contributed by atoms with Gasteiger partial charge >= 0.3 is 0 Å². The molecule has 4 rings (SSSR count). The van der Waals surface area contributed by atoms with Crippen LogP contribution in [0.5, 0.6) is 0 Å². The molecule has 2 aromatic heterocycles. The van der Waals surface area contributed by atoms with Crippen molar-refractivity contribution in [2.24, 2.45) is 0 Å². The molecule has 0 aliphatic heterocycles. The number of aromatic nitrogens is 4. The van der Waals surface area contributed by atoms with Crippen molar-refractivity contribution in [1.82, 2.24) is 18.7 Å². The number of benzene rings is 2. The predicted octanol–water partition coefficient (Wildman–Crippen LogP) is 7.27. The lowest BCUT2D eigenvalue weighted by atomic mass is 10.0. The first-order valence-corrected chi connectivity index (χ1v) is 17.3. The van der Waals surface area contributed by atoms with Crippen molar-refractivity contribution in [3.05, 3.63) is 46.4 Å². The molecular weight excluding hydrogens is 644 g/mol. The Hall–Kier alpha value is -1.52. The second-order valence-corrected chi connectivity index (χ2v) is 13.5. The average molecular weight is 662 g/mol. The van der Waals surface area contributed by atoms with E-state index in [1.165, 1.54) is 70.1 Å². The molecule has 0 atom stereocenters. The largest absolute Gasteiger partial charge is 0.324 e. The van der Waals surface area contributed by atoms with Gasteiger partial charge in [-0.05, 0) is 71.0 Å². The monoisotopic (exact) mass is 660 g/mol. The van der Waals surface area contributed by atoms with Crippen molar-refractivity contribution in [2.75, 3.05) is 34.7 Å². The van der Waals surface area contributed by atoms with Crippen LogP contribution in [0.15, 0.2) is 55.4 Å². The molecule has 2 aromatic carbocycles. The van der Waals surface area contributed by atoms with E-state index in [0.29, 0.717) is 31.7 Å². The number of amides is 2. The summed E-state index contributed by atoms with van der Waals surface area (Å²) in [6.45, 7) is 0. The first kappa shape index (κ1) is 29.5. The van der Waals surface area contributed by atoms with Crippen molar-refractivity contribution in [1.29, 1.82) is 0 Å². The van der Waals surface area contributed by atoms with Crippen LogP contribution in [0.4, 0.5) is 11.4 Å². The van der Waals surface area contributed by atoms with Crippen molar-refractivity contribution >= 4 is 117 Å². The molecule has 2 amide bonds. The zero-order valence-electron chi connectivity index (χ0n) is 19.7. The Bertz CT molecular complexity index is 1340. The van der Waals surface area contributed by atoms with Gasteiger partial charge in [-0.15, -0.1) is 0 Å². The van der Waals surface area contributed by atoms with Crippen LogP contribution < -0.4 is 10.6 Å². The Morgan fingerprint density at radius 1 is 0.763 bits per heavy atom. The van der Waals surface area contributed by atoms with E-state index in [1.807, 2.05) is 24.6 Å². The van der Waals surface area contributed by atoms with Crippen LogP contribution in [0.3, 0.4) is 0 Å². The third-order valence-electron chi connectivity index (χ3n) is 4.62. The smallest absolute Gasteiger partial charge is 0.234 e. The summed E-state index contributed by atoms with van der Waals surface area (Å²) in [7, 11) is 0. The lowest BCUT2D eigenvalue weighted by Gasteiger charge is -2.11. The van der Waals surface area contributed by atoms with Crippen LogP contribution in [0.1, 0.15) is 0 Å². The Labute approximate surface area is 254 Å². The minimum atomic E-state index is -0.192. The van der Waals surface area contributed by atoms with Crippen molar-refractivity contribution in [3.8, 4) is 11.1 Å². The molecule has 0 unspecified atom stereocenters. The molecule has 0 aliphatic carbocycles. The highest BCUT2D eigenvalue weighted by Gasteiger charge is 2.13. The summed E-state index contributed by atoms with van der Waals surface area (Å²) in [5, 5.41) is 7.83. The fraction of sp³-hybridized carbons (Fsp3) is 0.182. The molecule has 16 heteroatoms. The second-order valence-electron chi connectivity index (χ2n) is 7.16. The number of hydrogen-bond acceptors (Lipinski definition) is 12. The zero-order chi connectivity index (χ0) is 27.1. The van der Waals surface area contributed by atoms with Crippen LogP contribution in [-0.4, -0.2) is 54.5 Å². The van der Waals surface area contributed by atoms with Gasteiger partial charge in [-0.25, -0.2) is 9.97 Å². The molecule has 0 bridgehead atoms. The SMILES string of the molecule is CSc1nsc(SCC(=O)Nc2ccc(-c3ccc(NC(=O)CSc4nc(SC)ns4)c(Cl)c3)cc2Cl)n1. The summed E-state index contributed by atoms with van der Waals surface area (Å²) in [6, 6.07) is 10.7. The summed E-state index contributed by atoms with van der Waals surface area (Å²) in [5.74, 6) is 0.00884. The first-order chi connectivity index (χ1) is 18.3. The molecular formula is C22H18Cl2N6O2S6. The molecule has 0 aliphatic rings. The zero-order valence-corrected chi connectivity index (χ0v) is 26.1. The van der Waals surface area contributed by atoms with Crippen LogP contribution in [0.25, 0.3) is 11.1 Å². The van der Waals surface area contributed by atoms with Gasteiger partial charge in [-0.3, -0.25) is 9.59 Å². The van der Waals surface area contributed by atoms with E-state index in [2.05, 4.69) is 29.3 Å². The summed E-state index contributed by atoms with van der Waals surface area (Å²) in [4.78, 5) is 33.4. The third kappa shape index (κ3) is 8.24. The lowest BCUT2D eigenvalue weighted by Crippen LogP contribution is -2.14. The summed E-state index contributed by atoms with van der Waals surface area (Å²) in [5.41, 5.74) is 2.65. The molecule has 2 heterocycles. The van der Waals surface area contributed by atoms with Gasteiger partial charge < -0.3 is 10.6 Å². The van der Waals surface area contributed by atoms with E-state index < -0.39 is 0 Å². The Morgan fingerprint density at radius 2 is 1.18 bits per heavy atom. The third-order valence-corrected chi connectivity index (χ3v) is 10.2. The van der Waals surface area contributed by atoms with Gasteiger partial charge in [0.1, 0.15) is 0 Å². The maximum Gasteiger partial charge on any atom is 0.234 e. The summed E-state index contributed by atoms with van der Waals surface area (Å²) in [6.07, 6.45) is 3.81. The highest BCUT2D eigenvalue weighted by Crippen LogP contribution is 2.33. The molecule has 198 valence electrons. The van der Waals surface area contributed by atoms with E-state index >= 15 is 0 Å². The first-order valence-electron chi connectivity index (χ1n) is 10.5. The molecule has 38 heavy (non-hydrogen) atoms. The van der Waals surface area contributed by atoms with Crippen molar-refractivity contribution in [3.63, 3.8) is 0 Å². The number of carbonyl (C=O) groups excluding carboxylic acids is 2. The lowest BCUT2D eigenvalue weighted by molar-refractivity contribution is -0.114. The predicted molar refractivity (Wildman–Crippen MR) is 164 cm³/mol. The van der Waals surface area contributed by atoms with E-state index in [4.69, 9.17) is 23.2 Å². The van der Waals surface area contributed by atoms with Gasteiger partial charge in [0.2, 0.25) is 22.1 Å². The van der Waals surface area contributed by atoms with Crippen LogP contribution in [-0.2, 0) is 9.59 Å². The highest BCUT2D eigenvalue weighted by atomic mass is 35.5. The molecule has 0 fully saturated rings. The molecule has 4 aromatic rings. The Balaban J connectivity index is 1.32. The normalized spacial score (nSPS) is 10.9. The number of anilines is 2. The quantitative estimate of drug-likeness (QED) is 0.159. The minimum Gasteiger partial charge on any atom is -0.324 e. The number of rotatable bonds is 11. The number of nitrogens with one attached hydrogen (secondary N) is 2. The summed E-state index contributed by atoms with van der Waals surface area (Å²) >= 11 is 21.0. The van der Waals surface area contributed by atoms with Gasteiger partial charge in [0.25, 0.3) is 0 Å². The molecule has 0 spiro atoms. The molecule has 8 nitrogen and oxygen atoms in total. The van der Waals surface area contributed by atoms with Crippen LogP contribution >= 0.6 is 93.3 Å². The highest BCUT2D eigenvalue weighted by molar-refractivity contribution is 8.02. The fourth-order valence-electron chi connectivity index (χ4n) is 2.90. The van der Waals surface area contributed by atoms with Crippen molar-refractivity contribution in [2.45, 2.75) is 19.0 Å². The van der Waals surface area contributed by atoms with E-state index in [1.54, 1.807) is 24.3 Å². The number of nitrogens with zero attached hydrogens (tertiary/aromatic N) is 4.